The minimum Gasteiger partial charge on any atom is -0.497 e. The molecule has 4 rings (SSSR count). The predicted octanol–water partition coefficient (Wildman–Crippen LogP) is 4.27. The normalized spacial score (nSPS) is 11.3. The van der Waals surface area contributed by atoms with Gasteiger partial charge in [-0.25, -0.2) is 9.50 Å². The molecule has 0 aliphatic rings. The molecule has 2 heterocycles. The lowest BCUT2D eigenvalue weighted by Gasteiger charge is -2.05. The number of hydrogen-bond acceptors (Lipinski definition) is 4. The number of benzene rings is 2. The second-order valence-electron chi connectivity index (χ2n) is 4.90. The summed E-state index contributed by atoms with van der Waals surface area (Å²) < 4.78 is 6.99. The fourth-order valence-electron chi connectivity index (χ4n) is 2.37. The first-order valence-electron chi connectivity index (χ1n) is 6.79. The van der Waals surface area contributed by atoms with E-state index in [2.05, 4.69) is 20.4 Å². The first kappa shape index (κ1) is 14.2. The van der Waals surface area contributed by atoms with Crippen LogP contribution in [0.2, 0.25) is 10.0 Å². The molecule has 0 radical (unpaired) electrons. The van der Waals surface area contributed by atoms with Crippen molar-refractivity contribution in [2.45, 2.75) is 0 Å². The molecule has 0 amide bonds. The minimum atomic E-state index is 0.442. The number of nitrogens with one attached hydrogen (secondary N) is 2. The van der Waals surface area contributed by atoms with E-state index >= 15 is 0 Å². The molecule has 0 aliphatic carbocycles. The highest BCUT2D eigenvalue weighted by Crippen LogP contribution is 2.31. The molecule has 4 aromatic rings. The minimum absolute atomic E-state index is 0.442. The summed E-state index contributed by atoms with van der Waals surface area (Å²) in [5.74, 6) is 1.82. The molecule has 0 saturated heterocycles. The maximum absolute atomic E-state index is 6.17. The fourth-order valence-corrected chi connectivity index (χ4v) is 2.72. The molecule has 116 valence electrons. The Morgan fingerprint density at radius 2 is 2.04 bits per heavy atom. The third-order valence-corrected chi connectivity index (χ3v) is 4.30. The van der Waals surface area contributed by atoms with Crippen molar-refractivity contribution in [1.82, 2.24) is 19.6 Å². The highest BCUT2D eigenvalue weighted by Gasteiger charge is 2.12. The quantitative estimate of drug-likeness (QED) is 0.580. The summed E-state index contributed by atoms with van der Waals surface area (Å²) in [5, 5.41) is 7.17. The monoisotopic (exact) mass is 347 g/mol. The van der Waals surface area contributed by atoms with Crippen LogP contribution in [0, 0.1) is 0 Å². The molecule has 0 bridgehead atoms. The summed E-state index contributed by atoms with van der Waals surface area (Å²) in [6, 6.07) is 11.0. The second-order valence-corrected chi connectivity index (χ2v) is 5.69. The molecule has 0 atom stereocenters. The zero-order chi connectivity index (χ0) is 16.0. The van der Waals surface area contributed by atoms with Crippen LogP contribution in [0.5, 0.6) is 5.75 Å². The molecular weight excluding hydrogens is 337 g/mol. The Bertz CT molecular complexity index is 1020. The number of hydrogen-bond donors (Lipinski definition) is 2. The van der Waals surface area contributed by atoms with Crippen molar-refractivity contribution in [1.29, 1.82) is 0 Å². The van der Waals surface area contributed by atoms with Gasteiger partial charge >= 0.3 is 0 Å². The molecule has 8 heteroatoms. The van der Waals surface area contributed by atoms with Gasteiger partial charge in [0, 0.05) is 6.07 Å². The maximum Gasteiger partial charge on any atom is 0.253 e. The number of halogens is 2. The predicted molar refractivity (Wildman–Crippen MR) is 91.1 cm³/mol. The van der Waals surface area contributed by atoms with Crippen molar-refractivity contribution in [3.05, 3.63) is 46.4 Å². The van der Waals surface area contributed by atoms with Gasteiger partial charge in [0.15, 0.2) is 0 Å². The van der Waals surface area contributed by atoms with Crippen molar-refractivity contribution in [2.24, 2.45) is 0 Å². The molecule has 0 spiro atoms. The van der Waals surface area contributed by atoms with Gasteiger partial charge in [-0.05, 0) is 24.3 Å². The zero-order valence-corrected chi connectivity index (χ0v) is 13.5. The number of imidazole rings is 1. The van der Waals surface area contributed by atoms with Gasteiger partial charge in [0.1, 0.15) is 5.75 Å². The molecular formula is C15H11Cl2N5O. The van der Waals surface area contributed by atoms with Gasteiger partial charge in [-0.3, -0.25) is 5.10 Å². The lowest BCUT2D eigenvalue weighted by molar-refractivity contribution is 0.415. The molecule has 0 unspecified atom stereocenters. The lowest BCUT2D eigenvalue weighted by Crippen LogP contribution is -1.94. The Labute approximate surface area is 141 Å². The van der Waals surface area contributed by atoms with Crippen LogP contribution in [0.15, 0.2) is 36.4 Å². The topological polar surface area (TPSA) is 67.2 Å². The van der Waals surface area contributed by atoms with Crippen molar-refractivity contribution in [2.75, 3.05) is 12.4 Å². The standard InChI is InChI=1S/C15H11Cl2N5O/c1-23-8-5-6-12-11(7-8)19-15-20-14(21-22(12)15)18-10-4-2-3-9(16)13(10)17/h2-7H,1H3,(H2,18,19,20,21). The Morgan fingerprint density at radius 3 is 2.87 bits per heavy atom. The lowest BCUT2D eigenvalue weighted by atomic mass is 10.3. The largest absolute Gasteiger partial charge is 0.497 e. The SMILES string of the molecule is COc1ccc2c(c1)nc1nc(Nc3cccc(Cl)c3Cl)[nH]n12. The first-order chi connectivity index (χ1) is 11.2. The van der Waals surface area contributed by atoms with Gasteiger partial charge in [-0.15, -0.1) is 0 Å². The number of aromatic amines is 1. The van der Waals surface area contributed by atoms with Crippen LogP contribution < -0.4 is 10.1 Å². The van der Waals surface area contributed by atoms with Crippen LogP contribution >= 0.6 is 23.2 Å². The number of fused-ring (bicyclic) bond motifs is 3. The van der Waals surface area contributed by atoms with Gasteiger partial charge in [0.25, 0.3) is 5.78 Å². The third-order valence-electron chi connectivity index (χ3n) is 3.48. The number of nitrogens with zero attached hydrogens (tertiary/aromatic N) is 3. The average Bonchev–Trinajstić information content (AvgIpc) is 3.08. The number of H-pyrrole nitrogens is 1. The number of rotatable bonds is 3. The van der Waals surface area contributed by atoms with Gasteiger partial charge in [-0.1, -0.05) is 29.3 Å². The van der Waals surface area contributed by atoms with Crippen molar-refractivity contribution >= 4 is 51.6 Å². The molecule has 0 saturated carbocycles. The van der Waals surface area contributed by atoms with E-state index in [1.165, 1.54) is 0 Å². The molecule has 0 fully saturated rings. The highest BCUT2D eigenvalue weighted by molar-refractivity contribution is 6.43. The molecule has 2 aromatic carbocycles. The van der Waals surface area contributed by atoms with Gasteiger partial charge in [-0.2, -0.15) is 4.98 Å². The molecule has 6 nitrogen and oxygen atoms in total. The Hall–Kier alpha value is -2.44. The third kappa shape index (κ3) is 2.36. The van der Waals surface area contributed by atoms with E-state index in [0.717, 1.165) is 16.8 Å². The van der Waals surface area contributed by atoms with Gasteiger partial charge in [0.2, 0.25) is 5.95 Å². The Morgan fingerprint density at radius 1 is 1.17 bits per heavy atom. The zero-order valence-electron chi connectivity index (χ0n) is 12.0. The van der Waals surface area contributed by atoms with Crippen LogP contribution in [0.25, 0.3) is 16.8 Å². The van der Waals surface area contributed by atoms with Crippen LogP contribution in [0.1, 0.15) is 0 Å². The van der Waals surface area contributed by atoms with E-state index in [4.69, 9.17) is 27.9 Å². The summed E-state index contributed by atoms with van der Waals surface area (Å²) in [5.41, 5.74) is 2.37. The molecule has 23 heavy (non-hydrogen) atoms. The maximum atomic E-state index is 6.17. The van der Waals surface area contributed by atoms with Crippen LogP contribution in [0.3, 0.4) is 0 Å². The van der Waals surface area contributed by atoms with E-state index in [1.807, 2.05) is 30.3 Å². The number of methoxy groups -OCH3 is 1. The summed E-state index contributed by atoms with van der Waals surface area (Å²) in [4.78, 5) is 8.88. The van der Waals surface area contributed by atoms with Crippen LogP contribution in [-0.4, -0.2) is 26.7 Å². The first-order valence-corrected chi connectivity index (χ1v) is 7.54. The average molecular weight is 348 g/mol. The van der Waals surface area contributed by atoms with Crippen molar-refractivity contribution in [3.8, 4) is 5.75 Å². The van der Waals surface area contributed by atoms with Crippen LogP contribution in [0.4, 0.5) is 11.6 Å². The molecule has 2 N–H and O–H groups in total. The molecule has 2 aromatic heterocycles. The smallest absolute Gasteiger partial charge is 0.253 e. The van der Waals surface area contributed by atoms with Gasteiger partial charge in [0.05, 0.1) is 33.9 Å². The van der Waals surface area contributed by atoms with Crippen molar-refractivity contribution in [3.63, 3.8) is 0 Å². The van der Waals surface area contributed by atoms with E-state index in [9.17, 15) is 0 Å². The van der Waals surface area contributed by atoms with E-state index < -0.39 is 0 Å². The number of aromatic nitrogens is 4. The van der Waals surface area contributed by atoms with Crippen molar-refractivity contribution < 1.29 is 4.74 Å². The van der Waals surface area contributed by atoms with Gasteiger partial charge < -0.3 is 10.1 Å². The molecule has 0 aliphatic heterocycles. The number of ether oxygens (including phenoxy) is 1. The number of anilines is 2. The van der Waals surface area contributed by atoms with E-state index in [0.29, 0.717) is 27.5 Å². The fraction of sp³-hybridized carbons (Fsp3) is 0.0667. The van der Waals surface area contributed by atoms with E-state index in [1.54, 1.807) is 17.7 Å². The second kappa shape index (κ2) is 5.33. The Balaban J connectivity index is 1.76. The summed E-state index contributed by atoms with van der Waals surface area (Å²) >= 11 is 12.2. The Kier molecular flexibility index (Phi) is 3.28. The highest BCUT2D eigenvalue weighted by atomic mass is 35.5. The summed E-state index contributed by atoms with van der Waals surface area (Å²) in [6.45, 7) is 0. The summed E-state index contributed by atoms with van der Waals surface area (Å²) in [7, 11) is 1.62. The van der Waals surface area contributed by atoms with Crippen LogP contribution in [-0.2, 0) is 0 Å². The summed E-state index contributed by atoms with van der Waals surface area (Å²) in [6.07, 6.45) is 0. The van der Waals surface area contributed by atoms with E-state index in [-0.39, 0.29) is 0 Å².